The first-order valence-electron chi connectivity index (χ1n) is 6.61. The maximum Gasteiger partial charge on any atom is 0.147 e. The van der Waals surface area contributed by atoms with E-state index >= 15 is 0 Å². The Hall–Kier alpha value is -2.14. The summed E-state index contributed by atoms with van der Waals surface area (Å²) in [6, 6.07) is 12.4. The van der Waals surface area contributed by atoms with E-state index in [-0.39, 0.29) is 5.69 Å². The zero-order valence-corrected chi connectivity index (χ0v) is 11.9. The minimum atomic E-state index is -1.04. The number of hydrogen-bond acceptors (Lipinski definition) is 3. The van der Waals surface area contributed by atoms with Crippen LogP contribution in [0.4, 0.5) is 20.2 Å². The maximum atomic E-state index is 13.1. The summed E-state index contributed by atoms with van der Waals surface area (Å²) in [5.74, 6) is -1.39. The molecule has 0 aliphatic heterocycles. The van der Waals surface area contributed by atoms with Crippen LogP contribution in [0.25, 0.3) is 0 Å². The molecule has 0 heterocycles. The molecule has 0 saturated carbocycles. The summed E-state index contributed by atoms with van der Waals surface area (Å²) < 4.78 is 26.3. The molecule has 2 aromatic rings. The fraction of sp³-hybridized carbons (Fsp3) is 0.250. The lowest BCUT2D eigenvalue weighted by molar-refractivity contribution is 0.141. The average Bonchev–Trinajstić information content (AvgIpc) is 2.38. The molecule has 0 radical (unpaired) electrons. The smallest absolute Gasteiger partial charge is 0.147 e. The number of benzene rings is 2. The van der Waals surface area contributed by atoms with Crippen molar-refractivity contribution in [1.29, 1.82) is 0 Å². The molecule has 0 aliphatic rings. The van der Waals surface area contributed by atoms with Crippen molar-refractivity contribution in [2.24, 2.45) is 0 Å². The van der Waals surface area contributed by atoms with Crippen molar-refractivity contribution < 1.29 is 13.9 Å². The summed E-state index contributed by atoms with van der Waals surface area (Å²) >= 11 is 0. The lowest BCUT2D eigenvalue weighted by Gasteiger charge is -2.33. The van der Waals surface area contributed by atoms with Gasteiger partial charge in [0.2, 0.25) is 0 Å². The van der Waals surface area contributed by atoms with Crippen molar-refractivity contribution in [2.45, 2.75) is 25.6 Å². The molecule has 0 aliphatic carbocycles. The molecule has 2 rings (SSSR count). The molecule has 0 fully saturated rings. The van der Waals surface area contributed by atoms with Crippen LogP contribution in [0.5, 0.6) is 0 Å². The molecule has 0 amide bonds. The van der Waals surface area contributed by atoms with Crippen LogP contribution in [0.2, 0.25) is 0 Å². The first-order valence-corrected chi connectivity index (χ1v) is 6.61. The predicted molar refractivity (Wildman–Crippen MR) is 80.1 cm³/mol. The molecule has 1 unspecified atom stereocenters. The molecule has 1 atom stereocenters. The highest BCUT2D eigenvalue weighted by Gasteiger charge is 2.27. The van der Waals surface area contributed by atoms with E-state index in [0.717, 1.165) is 23.9 Å². The van der Waals surface area contributed by atoms with Crippen LogP contribution in [0, 0.1) is 11.6 Å². The summed E-state index contributed by atoms with van der Waals surface area (Å²) in [6.07, 6.45) is -1.04. The second-order valence-corrected chi connectivity index (χ2v) is 5.42. The quantitative estimate of drug-likeness (QED) is 0.738. The van der Waals surface area contributed by atoms with Crippen molar-refractivity contribution in [3.8, 4) is 0 Å². The van der Waals surface area contributed by atoms with Gasteiger partial charge in [-0.05, 0) is 38.1 Å². The highest BCUT2D eigenvalue weighted by atomic mass is 19.1. The Morgan fingerprint density at radius 2 is 1.52 bits per heavy atom. The molecule has 0 aromatic heterocycles. The minimum absolute atomic E-state index is 0.183. The molecule has 5 heteroatoms. The number of hydrogen-bond donors (Lipinski definition) is 3. The molecule has 0 saturated heterocycles. The summed E-state index contributed by atoms with van der Waals surface area (Å²) in [4.78, 5) is 0. The van der Waals surface area contributed by atoms with E-state index in [0.29, 0.717) is 0 Å². The lowest BCUT2D eigenvalue weighted by Crippen LogP contribution is -2.48. The van der Waals surface area contributed by atoms with Crippen LogP contribution in [0.1, 0.15) is 13.8 Å². The van der Waals surface area contributed by atoms with Gasteiger partial charge in [0.25, 0.3) is 0 Å². The van der Waals surface area contributed by atoms with Gasteiger partial charge >= 0.3 is 0 Å². The molecule has 21 heavy (non-hydrogen) atoms. The third kappa shape index (κ3) is 4.16. The Morgan fingerprint density at radius 1 is 0.952 bits per heavy atom. The lowest BCUT2D eigenvalue weighted by atomic mass is 10.0. The summed E-state index contributed by atoms with van der Waals surface area (Å²) in [5.41, 5.74) is 0.279. The minimum Gasteiger partial charge on any atom is -0.376 e. The highest BCUT2D eigenvalue weighted by Crippen LogP contribution is 2.21. The van der Waals surface area contributed by atoms with Gasteiger partial charge in [-0.15, -0.1) is 0 Å². The summed E-state index contributed by atoms with van der Waals surface area (Å²) in [7, 11) is 0. The predicted octanol–water partition coefficient (Wildman–Crippen LogP) is 3.59. The monoisotopic (exact) mass is 292 g/mol. The number of anilines is 2. The molecule has 3 N–H and O–H groups in total. The first kappa shape index (κ1) is 15.3. The molecule has 0 bridgehead atoms. The maximum absolute atomic E-state index is 13.1. The topological polar surface area (TPSA) is 44.3 Å². The van der Waals surface area contributed by atoms with Crippen LogP contribution >= 0.6 is 0 Å². The van der Waals surface area contributed by atoms with Gasteiger partial charge in [-0.3, -0.25) is 0 Å². The number of aliphatic hydroxyl groups is 1. The summed E-state index contributed by atoms with van der Waals surface area (Å²) in [6.45, 7) is 3.57. The largest absolute Gasteiger partial charge is 0.376 e. The number of para-hydroxylation sites is 1. The Morgan fingerprint density at radius 3 is 2.10 bits per heavy atom. The second kappa shape index (κ2) is 6.10. The average molecular weight is 292 g/mol. The van der Waals surface area contributed by atoms with E-state index in [9.17, 15) is 13.9 Å². The van der Waals surface area contributed by atoms with Gasteiger partial charge in [0.1, 0.15) is 17.9 Å². The van der Waals surface area contributed by atoms with Gasteiger partial charge in [0.05, 0.1) is 5.54 Å². The van der Waals surface area contributed by atoms with Crippen LogP contribution in [0.15, 0.2) is 48.5 Å². The van der Waals surface area contributed by atoms with Crippen LogP contribution in [0.3, 0.4) is 0 Å². The fourth-order valence-electron chi connectivity index (χ4n) is 1.94. The molecule has 112 valence electrons. The van der Waals surface area contributed by atoms with E-state index in [1.807, 2.05) is 30.3 Å². The number of aliphatic hydroxyl groups excluding tert-OH is 1. The van der Waals surface area contributed by atoms with Gasteiger partial charge in [-0.25, -0.2) is 8.78 Å². The van der Waals surface area contributed by atoms with E-state index < -0.39 is 23.4 Å². The second-order valence-electron chi connectivity index (χ2n) is 5.42. The van der Waals surface area contributed by atoms with Crippen molar-refractivity contribution in [3.05, 3.63) is 60.2 Å². The Balaban J connectivity index is 2.09. The van der Waals surface area contributed by atoms with E-state index in [1.54, 1.807) is 13.8 Å². The molecular weight excluding hydrogens is 274 g/mol. The SMILES string of the molecule is CC(C)(Nc1ccccc1)C(O)Nc1cc(F)cc(F)c1. The summed E-state index contributed by atoms with van der Waals surface area (Å²) in [5, 5.41) is 16.1. The van der Waals surface area contributed by atoms with Gasteiger partial charge in [0, 0.05) is 17.4 Å². The van der Waals surface area contributed by atoms with Crippen molar-refractivity contribution in [2.75, 3.05) is 10.6 Å². The highest BCUT2D eigenvalue weighted by molar-refractivity contribution is 5.48. The van der Waals surface area contributed by atoms with Gasteiger partial charge < -0.3 is 15.7 Å². The van der Waals surface area contributed by atoms with Crippen LogP contribution in [-0.2, 0) is 0 Å². The third-order valence-corrected chi connectivity index (χ3v) is 3.09. The standard InChI is InChI=1S/C16H18F2N2O/c1-16(2,20-13-6-4-3-5-7-13)15(21)19-14-9-11(17)8-12(18)10-14/h3-10,15,19-21H,1-2H3. The molecular formula is C16H18F2N2O. The van der Waals surface area contributed by atoms with Crippen LogP contribution < -0.4 is 10.6 Å². The fourth-order valence-corrected chi connectivity index (χ4v) is 1.94. The Bertz CT molecular complexity index is 582. The Labute approximate surface area is 122 Å². The van der Waals surface area contributed by atoms with E-state index in [2.05, 4.69) is 10.6 Å². The Kier molecular flexibility index (Phi) is 4.43. The van der Waals surface area contributed by atoms with E-state index in [4.69, 9.17) is 0 Å². The number of halogens is 2. The molecule has 3 nitrogen and oxygen atoms in total. The van der Waals surface area contributed by atoms with Gasteiger partial charge in [-0.2, -0.15) is 0 Å². The third-order valence-electron chi connectivity index (χ3n) is 3.09. The number of nitrogens with one attached hydrogen (secondary N) is 2. The van der Waals surface area contributed by atoms with Crippen molar-refractivity contribution >= 4 is 11.4 Å². The van der Waals surface area contributed by atoms with Crippen LogP contribution in [-0.4, -0.2) is 16.9 Å². The first-order chi connectivity index (χ1) is 9.87. The van der Waals surface area contributed by atoms with Gasteiger partial charge in [-0.1, -0.05) is 18.2 Å². The van der Waals surface area contributed by atoms with E-state index in [1.165, 1.54) is 0 Å². The zero-order valence-electron chi connectivity index (χ0n) is 11.9. The number of rotatable bonds is 5. The van der Waals surface area contributed by atoms with Gasteiger partial charge in [0.15, 0.2) is 0 Å². The van der Waals surface area contributed by atoms with Crippen molar-refractivity contribution in [3.63, 3.8) is 0 Å². The normalized spacial score (nSPS) is 12.8. The van der Waals surface area contributed by atoms with Crippen molar-refractivity contribution in [1.82, 2.24) is 0 Å². The molecule has 0 spiro atoms. The molecule has 2 aromatic carbocycles. The zero-order chi connectivity index (χ0) is 15.5.